The van der Waals surface area contributed by atoms with Crippen LogP contribution in [0.25, 0.3) is 0 Å². The fraction of sp³-hybridized carbons (Fsp3) is 0.143. The first-order valence-corrected chi connectivity index (χ1v) is 6.26. The lowest BCUT2D eigenvalue weighted by molar-refractivity contribution is -0.110. The Bertz CT molecular complexity index is 891. The van der Waals surface area contributed by atoms with Crippen LogP contribution in [0, 0.1) is 0 Å². The van der Waals surface area contributed by atoms with Crippen molar-refractivity contribution in [2.75, 3.05) is 5.32 Å². The molecule has 0 saturated heterocycles. The average Bonchev–Trinajstić information content (AvgIpc) is 2.81. The highest BCUT2D eigenvalue weighted by molar-refractivity contribution is 6.53. The van der Waals surface area contributed by atoms with Gasteiger partial charge in [-0.05, 0) is 12.1 Å². The van der Waals surface area contributed by atoms with E-state index >= 15 is 0 Å². The van der Waals surface area contributed by atoms with E-state index in [-0.39, 0.29) is 17.1 Å². The second kappa shape index (κ2) is 4.55. The second-order valence-electron chi connectivity index (χ2n) is 4.68. The van der Waals surface area contributed by atoms with Crippen LogP contribution in [0.5, 0.6) is 0 Å². The van der Waals surface area contributed by atoms with Gasteiger partial charge in [0.15, 0.2) is 0 Å². The van der Waals surface area contributed by atoms with Gasteiger partial charge in [0.2, 0.25) is 0 Å². The predicted octanol–water partition coefficient (Wildman–Crippen LogP) is 0.157. The van der Waals surface area contributed by atoms with Gasteiger partial charge in [0.05, 0.1) is 5.69 Å². The number of aromatic nitrogens is 2. The summed E-state index contributed by atoms with van der Waals surface area (Å²) in [7, 11) is 2.86. The molecule has 21 heavy (non-hydrogen) atoms. The molecule has 7 nitrogen and oxygen atoms in total. The molecule has 3 rings (SSSR count). The van der Waals surface area contributed by atoms with Crippen molar-refractivity contribution in [3.8, 4) is 0 Å². The zero-order valence-electron chi connectivity index (χ0n) is 11.5. The van der Waals surface area contributed by atoms with Crippen molar-refractivity contribution < 1.29 is 4.79 Å². The van der Waals surface area contributed by atoms with Crippen LogP contribution < -0.4 is 16.6 Å². The first-order chi connectivity index (χ1) is 10.0. The number of fused-ring (bicyclic) bond motifs is 1. The number of anilines is 1. The summed E-state index contributed by atoms with van der Waals surface area (Å²) in [6.45, 7) is 0. The molecule has 1 aromatic carbocycles. The summed E-state index contributed by atoms with van der Waals surface area (Å²) in [6, 6.07) is 8.85. The molecule has 1 aliphatic rings. The van der Waals surface area contributed by atoms with Gasteiger partial charge < -0.3 is 5.32 Å². The van der Waals surface area contributed by atoms with Gasteiger partial charge in [0.1, 0.15) is 17.1 Å². The van der Waals surface area contributed by atoms with Crippen LogP contribution in [0.1, 0.15) is 5.56 Å². The van der Waals surface area contributed by atoms with Crippen LogP contribution in [-0.4, -0.2) is 20.8 Å². The van der Waals surface area contributed by atoms with Crippen LogP contribution in [-0.2, 0) is 18.9 Å². The van der Waals surface area contributed by atoms with E-state index in [2.05, 4.69) is 10.3 Å². The third-order valence-corrected chi connectivity index (χ3v) is 3.35. The lowest BCUT2D eigenvalue weighted by Gasteiger charge is -2.07. The summed E-state index contributed by atoms with van der Waals surface area (Å²) in [5.41, 5.74) is -0.339. The Hall–Kier alpha value is -2.96. The van der Waals surface area contributed by atoms with Crippen molar-refractivity contribution in [2.24, 2.45) is 19.1 Å². The molecule has 0 radical (unpaired) electrons. The van der Waals surface area contributed by atoms with E-state index in [1.807, 2.05) is 6.07 Å². The SMILES string of the molecule is Cn1c2c(c(=O)n(C)c1=O)C(=Nc1ccccc1)C(=O)N2. The molecule has 106 valence electrons. The molecule has 1 aromatic heterocycles. The first kappa shape index (κ1) is 13.0. The molecular weight excluding hydrogens is 272 g/mol. The number of aliphatic imine (C=N–C) groups is 1. The lowest BCUT2D eigenvalue weighted by Crippen LogP contribution is -2.39. The van der Waals surface area contributed by atoms with E-state index in [0.717, 1.165) is 4.57 Å². The van der Waals surface area contributed by atoms with Crippen molar-refractivity contribution in [3.05, 3.63) is 56.7 Å². The fourth-order valence-corrected chi connectivity index (χ4v) is 2.22. The third-order valence-electron chi connectivity index (χ3n) is 3.35. The van der Waals surface area contributed by atoms with Crippen molar-refractivity contribution in [3.63, 3.8) is 0 Å². The fourth-order valence-electron chi connectivity index (χ4n) is 2.22. The normalized spacial score (nSPS) is 15.1. The van der Waals surface area contributed by atoms with Gasteiger partial charge in [-0.1, -0.05) is 18.2 Å². The van der Waals surface area contributed by atoms with Gasteiger partial charge in [0, 0.05) is 14.1 Å². The van der Waals surface area contributed by atoms with Gasteiger partial charge in [-0.2, -0.15) is 0 Å². The molecule has 0 unspecified atom stereocenters. The van der Waals surface area contributed by atoms with Gasteiger partial charge in [-0.25, -0.2) is 9.79 Å². The third kappa shape index (κ3) is 1.90. The highest BCUT2D eigenvalue weighted by Gasteiger charge is 2.32. The Morgan fingerprint density at radius 1 is 1.00 bits per heavy atom. The minimum Gasteiger partial charge on any atom is -0.306 e. The monoisotopic (exact) mass is 284 g/mol. The summed E-state index contributed by atoms with van der Waals surface area (Å²) in [5.74, 6) is -0.310. The smallest absolute Gasteiger partial charge is 0.306 e. The maximum absolute atomic E-state index is 12.3. The summed E-state index contributed by atoms with van der Waals surface area (Å²) in [6.07, 6.45) is 0. The van der Waals surface area contributed by atoms with Crippen LogP contribution in [0.4, 0.5) is 11.5 Å². The molecule has 7 heteroatoms. The summed E-state index contributed by atoms with van der Waals surface area (Å²) < 4.78 is 2.18. The Morgan fingerprint density at radius 3 is 2.33 bits per heavy atom. The number of nitrogens with zero attached hydrogens (tertiary/aromatic N) is 3. The number of amides is 1. The molecule has 2 heterocycles. The minimum absolute atomic E-state index is 0.0207. The lowest BCUT2D eigenvalue weighted by atomic mass is 10.2. The van der Waals surface area contributed by atoms with Crippen LogP contribution in [0.3, 0.4) is 0 Å². The highest BCUT2D eigenvalue weighted by atomic mass is 16.2. The number of rotatable bonds is 1. The van der Waals surface area contributed by atoms with Gasteiger partial charge >= 0.3 is 5.69 Å². The quantitative estimate of drug-likeness (QED) is 0.809. The van der Waals surface area contributed by atoms with Crippen LogP contribution >= 0.6 is 0 Å². The van der Waals surface area contributed by atoms with Gasteiger partial charge in [-0.3, -0.25) is 18.7 Å². The van der Waals surface area contributed by atoms with Crippen LogP contribution in [0.15, 0.2) is 44.9 Å². The molecule has 0 aliphatic carbocycles. The Morgan fingerprint density at radius 2 is 1.67 bits per heavy atom. The number of para-hydroxylation sites is 1. The topological polar surface area (TPSA) is 85.5 Å². The largest absolute Gasteiger partial charge is 0.332 e. The minimum atomic E-state index is -0.541. The molecule has 1 N–H and O–H groups in total. The summed E-state index contributed by atoms with van der Waals surface area (Å²) in [4.78, 5) is 40.4. The first-order valence-electron chi connectivity index (χ1n) is 6.26. The number of carbonyl (C=O) groups is 1. The molecule has 1 aliphatic heterocycles. The van der Waals surface area contributed by atoms with E-state index in [1.165, 1.54) is 18.7 Å². The van der Waals surface area contributed by atoms with Crippen molar-refractivity contribution in [2.45, 2.75) is 0 Å². The maximum Gasteiger partial charge on any atom is 0.332 e. The van der Waals surface area contributed by atoms with Gasteiger partial charge in [-0.15, -0.1) is 0 Å². The molecule has 1 amide bonds. The standard InChI is InChI=1S/C14H12N4O3/c1-17-11-9(13(20)18(2)14(17)21)10(12(19)16-11)15-8-6-4-3-5-7-8/h3-7H,1-2H3,(H,15,16,19). The number of carbonyl (C=O) groups excluding carboxylic acids is 1. The van der Waals surface area contributed by atoms with Crippen molar-refractivity contribution in [1.82, 2.24) is 9.13 Å². The average molecular weight is 284 g/mol. The zero-order valence-corrected chi connectivity index (χ0v) is 11.5. The molecule has 0 spiro atoms. The predicted molar refractivity (Wildman–Crippen MR) is 78.2 cm³/mol. The van der Waals surface area contributed by atoms with Crippen LogP contribution in [0.2, 0.25) is 0 Å². The van der Waals surface area contributed by atoms with E-state index in [1.54, 1.807) is 24.3 Å². The number of hydrogen-bond donors (Lipinski definition) is 1. The number of nitrogens with one attached hydrogen (secondary N) is 1. The second-order valence-corrected chi connectivity index (χ2v) is 4.68. The van der Waals surface area contributed by atoms with Crippen molar-refractivity contribution in [1.29, 1.82) is 0 Å². The summed E-state index contributed by atoms with van der Waals surface area (Å²) in [5, 5.41) is 2.52. The van der Waals surface area contributed by atoms with Gasteiger partial charge in [0.25, 0.3) is 11.5 Å². The maximum atomic E-state index is 12.3. The Balaban J connectivity index is 2.31. The van der Waals surface area contributed by atoms with E-state index in [4.69, 9.17) is 0 Å². The van der Waals surface area contributed by atoms with E-state index in [9.17, 15) is 14.4 Å². The molecule has 0 atom stereocenters. The van der Waals surface area contributed by atoms with E-state index in [0.29, 0.717) is 5.69 Å². The molecule has 2 aromatic rings. The molecule has 0 saturated carbocycles. The van der Waals surface area contributed by atoms with E-state index < -0.39 is 17.2 Å². The highest BCUT2D eigenvalue weighted by Crippen LogP contribution is 2.21. The van der Waals surface area contributed by atoms with Crippen molar-refractivity contribution >= 4 is 23.1 Å². The summed E-state index contributed by atoms with van der Waals surface area (Å²) >= 11 is 0. The molecular formula is C14H12N4O3. The Kier molecular flexibility index (Phi) is 2.83. The zero-order chi connectivity index (χ0) is 15.1. The number of benzene rings is 1. The molecule has 0 fully saturated rings. The Labute approximate surface area is 119 Å². The molecule has 0 bridgehead atoms. The number of hydrogen-bond acceptors (Lipinski definition) is 4.